The normalized spacial score (nSPS) is 21.5. The lowest BCUT2D eigenvalue weighted by Gasteiger charge is -2.20. The van der Waals surface area contributed by atoms with Gasteiger partial charge in [-0.2, -0.15) is 0 Å². The predicted octanol–water partition coefficient (Wildman–Crippen LogP) is 1.59. The van der Waals surface area contributed by atoms with Crippen LogP contribution < -0.4 is 10.2 Å². The third kappa shape index (κ3) is 2.89. The number of aromatic nitrogens is 1. The van der Waals surface area contributed by atoms with Crippen LogP contribution in [0.3, 0.4) is 0 Å². The van der Waals surface area contributed by atoms with Crippen molar-refractivity contribution in [2.75, 3.05) is 24.3 Å². The fourth-order valence-corrected chi connectivity index (χ4v) is 2.67. The first-order valence-corrected chi connectivity index (χ1v) is 6.65. The number of carboxylic acid groups (broad SMARTS) is 1. The molecule has 0 saturated heterocycles. The molecule has 1 heterocycles. The number of pyridine rings is 1. The summed E-state index contributed by atoms with van der Waals surface area (Å²) in [5.41, 5.74) is 1.46. The molecule has 6 heteroatoms. The summed E-state index contributed by atoms with van der Waals surface area (Å²) in [6.45, 7) is 0. The van der Waals surface area contributed by atoms with Crippen LogP contribution in [0.5, 0.6) is 0 Å². The molecule has 108 valence electrons. The number of amides is 1. The molecule has 2 N–H and O–H groups in total. The van der Waals surface area contributed by atoms with Gasteiger partial charge in [0.2, 0.25) is 5.91 Å². The Labute approximate surface area is 117 Å². The van der Waals surface area contributed by atoms with Crippen LogP contribution in [0.1, 0.15) is 19.3 Å². The topological polar surface area (TPSA) is 82.5 Å². The highest BCUT2D eigenvalue weighted by atomic mass is 16.4. The van der Waals surface area contributed by atoms with E-state index in [0.29, 0.717) is 18.5 Å². The number of hydrogen-bond acceptors (Lipinski definition) is 4. The molecule has 0 unspecified atom stereocenters. The van der Waals surface area contributed by atoms with Crippen molar-refractivity contribution in [2.45, 2.75) is 19.3 Å². The lowest BCUT2D eigenvalue weighted by atomic mass is 9.95. The van der Waals surface area contributed by atoms with Crippen LogP contribution in [0.2, 0.25) is 0 Å². The fraction of sp³-hybridized carbons (Fsp3) is 0.500. The van der Waals surface area contributed by atoms with E-state index in [1.54, 1.807) is 18.5 Å². The van der Waals surface area contributed by atoms with Gasteiger partial charge in [0, 0.05) is 20.3 Å². The van der Waals surface area contributed by atoms with Gasteiger partial charge in [-0.1, -0.05) is 6.42 Å². The number of carbonyl (C=O) groups is 2. The number of carboxylic acids is 1. The van der Waals surface area contributed by atoms with Crippen molar-refractivity contribution in [3.63, 3.8) is 0 Å². The molecule has 0 bridgehead atoms. The molecule has 2 atom stereocenters. The average molecular weight is 277 g/mol. The van der Waals surface area contributed by atoms with Gasteiger partial charge in [-0.25, -0.2) is 0 Å². The van der Waals surface area contributed by atoms with Gasteiger partial charge in [0.05, 0.1) is 29.4 Å². The van der Waals surface area contributed by atoms with Crippen molar-refractivity contribution in [3.05, 3.63) is 18.5 Å². The maximum absolute atomic E-state index is 12.3. The Morgan fingerprint density at radius 1 is 1.35 bits per heavy atom. The zero-order valence-electron chi connectivity index (χ0n) is 11.7. The van der Waals surface area contributed by atoms with Gasteiger partial charge in [0.25, 0.3) is 0 Å². The Bertz CT molecular complexity index is 516. The summed E-state index contributed by atoms with van der Waals surface area (Å²) in [4.78, 5) is 29.3. The first-order valence-electron chi connectivity index (χ1n) is 6.65. The van der Waals surface area contributed by atoms with Crippen LogP contribution in [-0.2, 0) is 9.59 Å². The Morgan fingerprint density at radius 3 is 2.70 bits per heavy atom. The van der Waals surface area contributed by atoms with E-state index in [4.69, 9.17) is 5.11 Å². The summed E-state index contributed by atoms with van der Waals surface area (Å²) in [6.07, 6.45) is 5.21. The number of carbonyl (C=O) groups excluding carboxylic acids is 1. The van der Waals surface area contributed by atoms with Gasteiger partial charge in [0.15, 0.2) is 0 Å². The van der Waals surface area contributed by atoms with Crippen molar-refractivity contribution in [3.8, 4) is 0 Å². The second-order valence-corrected chi connectivity index (χ2v) is 5.26. The number of anilines is 2. The van der Waals surface area contributed by atoms with E-state index in [1.807, 2.05) is 19.0 Å². The van der Waals surface area contributed by atoms with Gasteiger partial charge in [-0.15, -0.1) is 0 Å². The molecule has 20 heavy (non-hydrogen) atoms. The summed E-state index contributed by atoms with van der Waals surface area (Å²) in [7, 11) is 3.75. The van der Waals surface area contributed by atoms with Crippen molar-refractivity contribution >= 4 is 23.3 Å². The van der Waals surface area contributed by atoms with Gasteiger partial charge in [0.1, 0.15) is 0 Å². The first-order chi connectivity index (χ1) is 9.50. The van der Waals surface area contributed by atoms with Gasteiger partial charge >= 0.3 is 5.97 Å². The first kappa shape index (κ1) is 14.3. The molecule has 6 nitrogen and oxygen atoms in total. The second-order valence-electron chi connectivity index (χ2n) is 5.26. The van der Waals surface area contributed by atoms with E-state index >= 15 is 0 Å². The lowest BCUT2D eigenvalue weighted by molar-refractivity contribution is -0.145. The summed E-state index contributed by atoms with van der Waals surface area (Å²) < 4.78 is 0. The summed E-state index contributed by atoms with van der Waals surface area (Å²) in [6, 6.07) is 1.80. The Morgan fingerprint density at radius 2 is 2.05 bits per heavy atom. The molecule has 0 radical (unpaired) electrons. The molecule has 1 saturated carbocycles. The molecule has 1 aromatic heterocycles. The molecule has 1 aliphatic carbocycles. The molecule has 2 rings (SSSR count). The van der Waals surface area contributed by atoms with Crippen LogP contribution in [0.25, 0.3) is 0 Å². The number of aliphatic carboxylic acids is 1. The molecule has 1 fully saturated rings. The van der Waals surface area contributed by atoms with Crippen LogP contribution >= 0.6 is 0 Å². The number of rotatable bonds is 4. The molecule has 1 aromatic rings. The lowest BCUT2D eigenvalue weighted by Crippen LogP contribution is -2.30. The highest BCUT2D eigenvalue weighted by Gasteiger charge is 2.37. The average Bonchev–Trinajstić information content (AvgIpc) is 2.88. The summed E-state index contributed by atoms with van der Waals surface area (Å²) in [5.74, 6) is -2.15. The third-order valence-corrected chi connectivity index (χ3v) is 3.71. The smallest absolute Gasteiger partial charge is 0.307 e. The van der Waals surface area contributed by atoms with Gasteiger partial charge < -0.3 is 15.3 Å². The quantitative estimate of drug-likeness (QED) is 0.873. The molecular weight excluding hydrogens is 258 g/mol. The molecule has 1 aliphatic rings. The molecule has 0 aliphatic heterocycles. The minimum atomic E-state index is -0.887. The molecule has 0 aromatic carbocycles. The Balaban J connectivity index is 2.14. The minimum absolute atomic E-state index is 0.231. The van der Waals surface area contributed by atoms with Crippen LogP contribution in [0.15, 0.2) is 18.5 Å². The maximum Gasteiger partial charge on any atom is 0.307 e. The number of nitrogens with one attached hydrogen (secondary N) is 1. The van der Waals surface area contributed by atoms with E-state index in [1.165, 1.54) is 0 Å². The van der Waals surface area contributed by atoms with E-state index in [9.17, 15) is 9.59 Å². The standard InChI is InChI=1S/C14H19N3O3/c1-17(2)12-6-7-15-8-11(12)16-13(18)9-4-3-5-10(9)14(19)20/h6-10H,3-5H2,1-2H3,(H,16,18)(H,19,20)/t9-,10+/m1/s1. The molecule has 1 amide bonds. The highest BCUT2D eigenvalue weighted by Crippen LogP contribution is 2.33. The van der Waals surface area contributed by atoms with Gasteiger partial charge in [-0.05, 0) is 18.9 Å². The zero-order chi connectivity index (χ0) is 14.7. The van der Waals surface area contributed by atoms with Crippen molar-refractivity contribution < 1.29 is 14.7 Å². The SMILES string of the molecule is CN(C)c1ccncc1NC(=O)[C@@H]1CCC[C@@H]1C(=O)O. The summed E-state index contributed by atoms with van der Waals surface area (Å²) in [5, 5.41) is 12.0. The van der Waals surface area contributed by atoms with Crippen molar-refractivity contribution in [2.24, 2.45) is 11.8 Å². The molecule has 0 spiro atoms. The number of nitrogens with zero attached hydrogens (tertiary/aromatic N) is 2. The maximum atomic E-state index is 12.3. The number of hydrogen-bond donors (Lipinski definition) is 2. The zero-order valence-corrected chi connectivity index (χ0v) is 11.7. The van der Waals surface area contributed by atoms with E-state index in [2.05, 4.69) is 10.3 Å². The van der Waals surface area contributed by atoms with Crippen LogP contribution in [0, 0.1) is 11.8 Å². The third-order valence-electron chi connectivity index (χ3n) is 3.71. The summed E-state index contributed by atoms with van der Waals surface area (Å²) >= 11 is 0. The minimum Gasteiger partial charge on any atom is -0.481 e. The largest absolute Gasteiger partial charge is 0.481 e. The highest BCUT2D eigenvalue weighted by molar-refractivity contribution is 5.97. The predicted molar refractivity (Wildman–Crippen MR) is 75.7 cm³/mol. The van der Waals surface area contributed by atoms with Crippen molar-refractivity contribution in [1.29, 1.82) is 0 Å². The van der Waals surface area contributed by atoms with E-state index in [0.717, 1.165) is 12.1 Å². The van der Waals surface area contributed by atoms with E-state index in [-0.39, 0.29) is 5.91 Å². The van der Waals surface area contributed by atoms with Gasteiger partial charge in [-0.3, -0.25) is 14.6 Å². The van der Waals surface area contributed by atoms with Crippen molar-refractivity contribution in [1.82, 2.24) is 4.98 Å². The monoisotopic (exact) mass is 277 g/mol. The van der Waals surface area contributed by atoms with E-state index < -0.39 is 17.8 Å². The molecular formula is C14H19N3O3. The Kier molecular flexibility index (Phi) is 4.22. The fourth-order valence-electron chi connectivity index (χ4n) is 2.67. The van der Waals surface area contributed by atoms with Crippen LogP contribution in [-0.4, -0.2) is 36.1 Å². The van der Waals surface area contributed by atoms with Crippen LogP contribution in [0.4, 0.5) is 11.4 Å². The Hall–Kier alpha value is -2.11. The second kappa shape index (κ2) is 5.90.